The summed E-state index contributed by atoms with van der Waals surface area (Å²) in [6.45, 7) is 18.7. The van der Waals surface area contributed by atoms with Crippen molar-refractivity contribution in [3.05, 3.63) is 35.9 Å². The third kappa shape index (κ3) is 14.4. The lowest BCUT2D eigenvalue weighted by Crippen LogP contribution is -2.55. The fourth-order valence-corrected chi connectivity index (χ4v) is 4.45. The Morgan fingerprint density at radius 1 is 0.696 bits per heavy atom. The van der Waals surface area contributed by atoms with E-state index in [-0.39, 0.29) is 18.4 Å². The van der Waals surface area contributed by atoms with Crippen LogP contribution in [0.15, 0.2) is 30.3 Å². The summed E-state index contributed by atoms with van der Waals surface area (Å²) in [6, 6.07) is 8.20. The van der Waals surface area contributed by atoms with E-state index in [9.17, 15) is 24.0 Å². The molecule has 0 aromatic heterocycles. The number of hydrogen-bond acceptors (Lipinski definition) is 9. The lowest BCUT2D eigenvalue weighted by molar-refractivity contribution is -0.134. The van der Waals surface area contributed by atoms with Crippen molar-refractivity contribution in [1.29, 1.82) is 0 Å². The van der Waals surface area contributed by atoms with Gasteiger partial charge in [-0.25, -0.2) is 14.4 Å². The highest BCUT2D eigenvalue weighted by atomic mass is 16.6. The fourth-order valence-electron chi connectivity index (χ4n) is 4.45. The molecule has 2 aliphatic rings. The Bertz CT molecular complexity index is 1150. The molecule has 46 heavy (non-hydrogen) atoms. The SMILES string of the molecule is C[C@H](NC(=O)OC(C)(C)C)C(=O)N1CCN(C(=O)OCc2ccccc2)CC1.C[C@H](NC(=O)OC(C)(C)C)C(=O)N1CCNCC1. The number of amides is 5. The van der Waals surface area contributed by atoms with Gasteiger partial charge in [-0.05, 0) is 61.0 Å². The summed E-state index contributed by atoms with van der Waals surface area (Å²) in [7, 11) is 0. The predicted octanol–water partition coefficient (Wildman–Crippen LogP) is 2.71. The van der Waals surface area contributed by atoms with Crippen LogP contribution < -0.4 is 16.0 Å². The highest BCUT2D eigenvalue weighted by molar-refractivity contribution is 5.86. The Hall–Kier alpha value is -4.07. The van der Waals surface area contributed by atoms with Gasteiger partial charge in [-0.2, -0.15) is 0 Å². The summed E-state index contributed by atoms with van der Waals surface area (Å²) in [5, 5.41) is 8.28. The van der Waals surface area contributed by atoms with Crippen molar-refractivity contribution >= 4 is 30.1 Å². The highest BCUT2D eigenvalue weighted by Crippen LogP contribution is 2.10. The van der Waals surface area contributed by atoms with E-state index < -0.39 is 41.6 Å². The standard InChI is InChI=1S/C20H29N3O5.C12H23N3O3/c1-15(21-18(25)28-20(2,3)4)17(24)22-10-12-23(13-11-22)19(26)27-14-16-8-6-5-7-9-16;1-9(14-11(17)18-12(2,3)4)10(16)15-7-5-13-6-8-15/h5-9,15H,10-14H2,1-4H3,(H,21,25);9,13H,5-8H2,1-4H3,(H,14,17)/t15-;9-/m00/s1. The monoisotopic (exact) mass is 648 g/mol. The molecular weight excluding hydrogens is 596 g/mol. The first-order chi connectivity index (χ1) is 21.4. The van der Waals surface area contributed by atoms with Crippen molar-refractivity contribution in [2.45, 2.75) is 85.3 Å². The molecule has 3 rings (SSSR count). The lowest BCUT2D eigenvalue weighted by atomic mass is 10.2. The van der Waals surface area contributed by atoms with Crippen LogP contribution in [-0.4, -0.2) is 120 Å². The third-order valence-corrected chi connectivity index (χ3v) is 6.69. The second kappa shape index (κ2) is 17.6. The zero-order valence-electron chi connectivity index (χ0n) is 28.5. The van der Waals surface area contributed by atoms with Gasteiger partial charge < -0.3 is 44.9 Å². The number of nitrogens with zero attached hydrogens (tertiary/aromatic N) is 3. The van der Waals surface area contributed by atoms with Gasteiger partial charge in [-0.1, -0.05) is 30.3 Å². The van der Waals surface area contributed by atoms with Crippen LogP contribution in [0.4, 0.5) is 14.4 Å². The average molecular weight is 649 g/mol. The number of alkyl carbamates (subject to hydrolysis) is 2. The van der Waals surface area contributed by atoms with Crippen LogP contribution in [0.2, 0.25) is 0 Å². The largest absolute Gasteiger partial charge is 0.445 e. The molecule has 0 aliphatic carbocycles. The Labute approximate surface area is 272 Å². The maximum absolute atomic E-state index is 12.5. The van der Waals surface area contributed by atoms with Crippen molar-refractivity contribution in [1.82, 2.24) is 30.7 Å². The smallest absolute Gasteiger partial charge is 0.410 e. The molecule has 0 radical (unpaired) electrons. The molecule has 14 nitrogen and oxygen atoms in total. The maximum atomic E-state index is 12.5. The predicted molar refractivity (Wildman–Crippen MR) is 172 cm³/mol. The molecular formula is C32H52N6O8. The van der Waals surface area contributed by atoms with Gasteiger partial charge >= 0.3 is 18.3 Å². The summed E-state index contributed by atoms with van der Waals surface area (Å²) in [4.78, 5) is 65.0. The van der Waals surface area contributed by atoms with Crippen LogP contribution in [0.25, 0.3) is 0 Å². The van der Waals surface area contributed by atoms with Crippen molar-refractivity contribution in [3.8, 4) is 0 Å². The summed E-state index contributed by atoms with van der Waals surface area (Å²) in [5.74, 6) is -0.273. The Morgan fingerprint density at radius 2 is 1.11 bits per heavy atom. The van der Waals surface area contributed by atoms with E-state index in [0.29, 0.717) is 39.3 Å². The summed E-state index contributed by atoms with van der Waals surface area (Å²) < 4.78 is 15.6. The van der Waals surface area contributed by atoms with Gasteiger partial charge in [0, 0.05) is 52.4 Å². The van der Waals surface area contributed by atoms with E-state index >= 15 is 0 Å². The number of piperazine rings is 2. The molecule has 2 saturated heterocycles. The number of hydrogen-bond donors (Lipinski definition) is 3. The van der Waals surface area contributed by atoms with Gasteiger partial charge in [0.25, 0.3) is 0 Å². The zero-order chi connectivity index (χ0) is 34.5. The van der Waals surface area contributed by atoms with Gasteiger partial charge in [-0.15, -0.1) is 0 Å². The lowest BCUT2D eigenvalue weighted by Gasteiger charge is -2.35. The van der Waals surface area contributed by atoms with E-state index in [1.165, 1.54) is 0 Å². The van der Waals surface area contributed by atoms with Gasteiger partial charge in [0.15, 0.2) is 0 Å². The molecule has 2 heterocycles. The number of carbonyl (C=O) groups excluding carboxylic acids is 5. The number of ether oxygens (including phenoxy) is 3. The van der Waals surface area contributed by atoms with Crippen molar-refractivity contribution in [2.24, 2.45) is 0 Å². The molecule has 2 fully saturated rings. The Balaban J connectivity index is 0.000000353. The first-order valence-corrected chi connectivity index (χ1v) is 15.7. The molecule has 1 aromatic rings. The summed E-state index contributed by atoms with van der Waals surface area (Å²) >= 11 is 0. The van der Waals surface area contributed by atoms with E-state index in [0.717, 1.165) is 18.7 Å². The molecule has 0 bridgehead atoms. The number of nitrogens with one attached hydrogen (secondary N) is 3. The first kappa shape index (κ1) is 38.1. The molecule has 3 N–H and O–H groups in total. The molecule has 0 spiro atoms. The normalized spacial score (nSPS) is 16.6. The van der Waals surface area contributed by atoms with Crippen LogP contribution in [0.3, 0.4) is 0 Å². The van der Waals surface area contributed by atoms with Crippen LogP contribution in [0, 0.1) is 0 Å². The van der Waals surface area contributed by atoms with Crippen LogP contribution in [0.1, 0.15) is 61.0 Å². The molecule has 5 amide bonds. The molecule has 258 valence electrons. The van der Waals surface area contributed by atoms with Gasteiger partial charge in [0.05, 0.1) is 0 Å². The molecule has 14 heteroatoms. The zero-order valence-corrected chi connectivity index (χ0v) is 28.5. The van der Waals surface area contributed by atoms with Crippen molar-refractivity contribution in [2.75, 3.05) is 52.4 Å². The second-order valence-corrected chi connectivity index (χ2v) is 13.2. The Kier molecular flexibility index (Phi) is 14.6. The highest BCUT2D eigenvalue weighted by Gasteiger charge is 2.29. The van der Waals surface area contributed by atoms with E-state index in [1.807, 2.05) is 30.3 Å². The Morgan fingerprint density at radius 3 is 1.54 bits per heavy atom. The number of carbonyl (C=O) groups is 5. The molecule has 2 aliphatic heterocycles. The van der Waals surface area contributed by atoms with E-state index in [4.69, 9.17) is 14.2 Å². The molecule has 0 unspecified atom stereocenters. The summed E-state index contributed by atoms with van der Waals surface area (Å²) in [6.07, 6.45) is -1.58. The van der Waals surface area contributed by atoms with Gasteiger partial charge in [0.2, 0.25) is 11.8 Å². The minimum absolute atomic E-state index is 0.0673. The fraction of sp³-hybridized carbons (Fsp3) is 0.656. The summed E-state index contributed by atoms with van der Waals surface area (Å²) in [5.41, 5.74) is -0.257. The van der Waals surface area contributed by atoms with Crippen LogP contribution in [-0.2, 0) is 30.4 Å². The van der Waals surface area contributed by atoms with Crippen LogP contribution >= 0.6 is 0 Å². The number of benzene rings is 1. The van der Waals surface area contributed by atoms with E-state index in [1.54, 1.807) is 70.1 Å². The van der Waals surface area contributed by atoms with E-state index in [2.05, 4.69) is 16.0 Å². The minimum Gasteiger partial charge on any atom is -0.445 e. The maximum Gasteiger partial charge on any atom is 0.410 e. The molecule has 2 atom stereocenters. The van der Waals surface area contributed by atoms with Gasteiger partial charge in [-0.3, -0.25) is 9.59 Å². The topological polar surface area (TPSA) is 159 Å². The second-order valence-electron chi connectivity index (χ2n) is 13.2. The van der Waals surface area contributed by atoms with Crippen molar-refractivity contribution < 1.29 is 38.2 Å². The van der Waals surface area contributed by atoms with Crippen molar-refractivity contribution in [3.63, 3.8) is 0 Å². The number of rotatable bonds is 6. The average Bonchev–Trinajstić information content (AvgIpc) is 2.98. The van der Waals surface area contributed by atoms with Crippen LogP contribution in [0.5, 0.6) is 0 Å². The molecule has 1 aromatic carbocycles. The third-order valence-electron chi connectivity index (χ3n) is 6.69. The quantitative estimate of drug-likeness (QED) is 0.395. The minimum atomic E-state index is -0.702. The molecule has 0 saturated carbocycles. The van der Waals surface area contributed by atoms with Gasteiger partial charge in [0.1, 0.15) is 29.9 Å². The first-order valence-electron chi connectivity index (χ1n) is 15.7.